The monoisotopic (exact) mass is 361 g/mol. The Morgan fingerprint density at radius 2 is 1.76 bits per heavy atom. The third-order valence-corrected chi connectivity index (χ3v) is 4.57. The summed E-state index contributed by atoms with van der Waals surface area (Å²) in [5.41, 5.74) is 0.269. The van der Waals surface area contributed by atoms with Crippen molar-refractivity contribution in [2.24, 2.45) is 11.8 Å². The van der Waals surface area contributed by atoms with E-state index in [1.54, 1.807) is 0 Å². The number of carboxylic acids is 1. The van der Waals surface area contributed by atoms with Crippen LogP contribution >= 0.6 is 0 Å². The average molecular weight is 361 g/mol. The van der Waals surface area contributed by atoms with Crippen LogP contribution in [-0.2, 0) is 9.59 Å². The molecule has 1 saturated carbocycles. The number of carboxylic acid groups (broad SMARTS) is 1. The molecule has 1 aliphatic carbocycles. The number of rotatable bonds is 5. The number of hydrogen-bond acceptors (Lipinski definition) is 2. The van der Waals surface area contributed by atoms with Crippen LogP contribution in [-0.4, -0.2) is 29.7 Å². The maximum Gasteiger partial charge on any atom is 0.392 e. The highest BCUT2D eigenvalue weighted by atomic mass is 19.4. The summed E-state index contributed by atoms with van der Waals surface area (Å²) in [6, 6.07) is 4.74. The Morgan fingerprint density at radius 1 is 1.16 bits per heavy atom. The molecule has 0 saturated heterocycles. The third kappa shape index (κ3) is 4.93. The smallest absolute Gasteiger partial charge is 0.392 e. The zero-order valence-corrected chi connectivity index (χ0v) is 13.4. The molecule has 25 heavy (non-hydrogen) atoms. The van der Waals surface area contributed by atoms with Gasteiger partial charge in [-0.2, -0.15) is 13.2 Å². The maximum absolute atomic E-state index is 13.1. The maximum atomic E-state index is 13.1. The normalized spacial score (nSPS) is 22.2. The molecule has 3 atom stereocenters. The first-order chi connectivity index (χ1) is 11.7. The molecule has 1 aliphatic rings. The van der Waals surface area contributed by atoms with Crippen molar-refractivity contribution in [1.29, 1.82) is 0 Å². The quantitative estimate of drug-likeness (QED) is 0.789. The van der Waals surface area contributed by atoms with Crippen molar-refractivity contribution in [2.45, 2.75) is 37.8 Å². The van der Waals surface area contributed by atoms with E-state index in [1.165, 1.54) is 12.1 Å². The Morgan fingerprint density at radius 3 is 2.32 bits per heavy atom. The first-order valence-electron chi connectivity index (χ1n) is 8.03. The molecule has 0 spiro atoms. The van der Waals surface area contributed by atoms with Crippen LogP contribution in [0.25, 0.3) is 0 Å². The van der Waals surface area contributed by atoms with Crippen LogP contribution in [0.2, 0.25) is 0 Å². The Bertz CT molecular complexity index is 615. The van der Waals surface area contributed by atoms with E-state index in [4.69, 9.17) is 0 Å². The number of aliphatic carboxylic acids is 1. The van der Waals surface area contributed by atoms with Crippen LogP contribution in [0.5, 0.6) is 0 Å². The number of nitrogens with one attached hydrogen (secondary N) is 1. The highest BCUT2D eigenvalue weighted by Crippen LogP contribution is 2.41. The number of carbonyl (C=O) groups is 2. The highest BCUT2D eigenvalue weighted by Gasteiger charge is 2.48. The van der Waals surface area contributed by atoms with Crippen LogP contribution in [0.1, 0.15) is 37.2 Å². The minimum absolute atomic E-state index is 0.0953. The third-order valence-electron chi connectivity index (χ3n) is 4.57. The van der Waals surface area contributed by atoms with Crippen molar-refractivity contribution in [3.05, 3.63) is 35.6 Å². The van der Waals surface area contributed by atoms with Gasteiger partial charge in [-0.25, -0.2) is 4.39 Å². The second-order valence-electron chi connectivity index (χ2n) is 6.23. The highest BCUT2D eigenvalue weighted by molar-refractivity contribution is 5.81. The predicted octanol–water partition coefficient (Wildman–Crippen LogP) is 3.48. The van der Waals surface area contributed by atoms with Gasteiger partial charge in [0.15, 0.2) is 0 Å². The standard InChI is InChI=1S/C17H19F4NO3/c18-11-7-5-10(6-8-11)13(16(24)25)9-22-15(23)12-3-1-2-4-14(12)17(19,20)21/h5-8,12-14H,1-4,9H2,(H,22,23)(H,24,25). The number of hydrogen-bond donors (Lipinski definition) is 2. The zero-order valence-electron chi connectivity index (χ0n) is 13.4. The second kappa shape index (κ2) is 7.84. The fourth-order valence-corrected chi connectivity index (χ4v) is 3.21. The van der Waals surface area contributed by atoms with Gasteiger partial charge >= 0.3 is 12.1 Å². The molecule has 1 fully saturated rings. The molecule has 1 aromatic rings. The largest absolute Gasteiger partial charge is 0.481 e. The van der Waals surface area contributed by atoms with Crippen molar-refractivity contribution >= 4 is 11.9 Å². The minimum atomic E-state index is -4.45. The fraction of sp³-hybridized carbons (Fsp3) is 0.529. The van der Waals surface area contributed by atoms with E-state index in [-0.39, 0.29) is 24.9 Å². The lowest BCUT2D eigenvalue weighted by Crippen LogP contribution is -2.44. The molecule has 2 rings (SSSR count). The fourth-order valence-electron chi connectivity index (χ4n) is 3.21. The number of benzene rings is 1. The van der Waals surface area contributed by atoms with Crippen LogP contribution in [0.4, 0.5) is 17.6 Å². The Balaban J connectivity index is 2.05. The Labute approximate surface area is 142 Å². The molecule has 0 heterocycles. The van der Waals surface area contributed by atoms with Gasteiger partial charge in [-0.1, -0.05) is 25.0 Å². The molecule has 1 aromatic carbocycles. The van der Waals surface area contributed by atoms with E-state index < -0.39 is 41.6 Å². The lowest BCUT2D eigenvalue weighted by Gasteiger charge is -2.32. The van der Waals surface area contributed by atoms with Crippen molar-refractivity contribution in [3.8, 4) is 0 Å². The van der Waals surface area contributed by atoms with Gasteiger partial charge in [0.2, 0.25) is 5.91 Å². The van der Waals surface area contributed by atoms with Crippen molar-refractivity contribution in [1.82, 2.24) is 5.32 Å². The lowest BCUT2D eigenvalue weighted by atomic mass is 9.78. The van der Waals surface area contributed by atoms with Crippen molar-refractivity contribution in [2.75, 3.05) is 6.54 Å². The van der Waals surface area contributed by atoms with Crippen molar-refractivity contribution in [3.63, 3.8) is 0 Å². The molecule has 3 unspecified atom stereocenters. The lowest BCUT2D eigenvalue weighted by molar-refractivity contribution is -0.198. The summed E-state index contributed by atoms with van der Waals surface area (Å²) in [7, 11) is 0. The van der Waals surface area contributed by atoms with Crippen LogP contribution < -0.4 is 5.32 Å². The van der Waals surface area contributed by atoms with Gasteiger partial charge in [0.05, 0.1) is 11.8 Å². The van der Waals surface area contributed by atoms with E-state index >= 15 is 0 Å². The topological polar surface area (TPSA) is 66.4 Å². The van der Waals surface area contributed by atoms with Gasteiger partial charge in [-0.3, -0.25) is 9.59 Å². The van der Waals surface area contributed by atoms with E-state index in [9.17, 15) is 32.3 Å². The van der Waals surface area contributed by atoms with E-state index in [2.05, 4.69) is 5.32 Å². The molecule has 4 nitrogen and oxygen atoms in total. The molecule has 138 valence electrons. The van der Waals surface area contributed by atoms with Gasteiger partial charge in [0.25, 0.3) is 0 Å². The first kappa shape index (κ1) is 19.2. The van der Waals surface area contributed by atoms with Crippen LogP contribution in [0.15, 0.2) is 24.3 Å². The number of alkyl halides is 3. The molecule has 0 aliphatic heterocycles. The van der Waals surface area contributed by atoms with Gasteiger partial charge < -0.3 is 10.4 Å². The second-order valence-corrected chi connectivity index (χ2v) is 6.23. The number of carbonyl (C=O) groups excluding carboxylic acids is 1. The molecule has 8 heteroatoms. The SMILES string of the molecule is O=C(O)C(CNC(=O)C1CCCCC1C(F)(F)F)c1ccc(F)cc1. The van der Waals surface area contributed by atoms with Gasteiger partial charge in [0, 0.05) is 12.5 Å². The van der Waals surface area contributed by atoms with Gasteiger partial charge in [0.1, 0.15) is 5.82 Å². The molecule has 1 amide bonds. The van der Waals surface area contributed by atoms with E-state index in [1.807, 2.05) is 0 Å². The van der Waals surface area contributed by atoms with Gasteiger partial charge in [-0.05, 0) is 30.5 Å². The summed E-state index contributed by atoms with van der Waals surface area (Å²) in [6.45, 7) is -0.346. The van der Waals surface area contributed by atoms with Gasteiger partial charge in [-0.15, -0.1) is 0 Å². The molecular weight excluding hydrogens is 342 g/mol. The average Bonchev–Trinajstić information content (AvgIpc) is 2.55. The van der Waals surface area contributed by atoms with Crippen molar-refractivity contribution < 1.29 is 32.3 Å². The zero-order chi connectivity index (χ0) is 18.6. The summed E-state index contributed by atoms with van der Waals surface area (Å²) in [4.78, 5) is 23.6. The summed E-state index contributed by atoms with van der Waals surface area (Å²) in [5.74, 6) is -6.62. The molecule has 0 radical (unpaired) electrons. The van der Waals surface area contributed by atoms with Crippen LogP contribution in [0.3, 0.4) is 0 Å². The summed E-state index contributed by atoms with van der Waals surface area (Å²) < 4.78 is 52.2. The summed E-state index contributed by atoms with van der Waals surface area (Å²) >= 11 is 0. The summed E-state index contributed by atoms with van der Waals surface area (Å²) in [5, 5.41) is 11.6. The molecule has 0 aromatic heterocycles. The minimum Gasteiger partial charge on any atom is -0.481 e. The number of amides is 1. The molecular formula is C17H19F4NO3. The van der Waals surface area contributed by atoms with E-state index in [0.29, 0.717) is 12.8 Å². The number of halogens is 4. The molecule has 0 bridgehead atoms. The Kier molecular flexibility index (Phi) is 6.02. The van der Waals surface area contributed by atoms with Crippen LogP contribution in [0, 0.1) is 17.7 Å². The van der Waals surface area contributed by atoms with E-state index in [0.717, 1.165) is 12.1 Å². The predicted molar refractivity (Wildman–Crippen MR) is 81.3 cm³/mol. The Hall–Kier alpha value is -2.12. The first-order valence-corrected chi connectivity index (χ1v) is 8.03. The summed E-state index contributed by atoms with van der Waals surface area (Å²) in [6.07, 6.45) is -3.47. The molecule has 2 N–H and O–H groups in total.